The van der Waals surface area contributed by atoms with E-state index in [2.05, 4.69) is 10.2 Å². The summed E-state index contributed by atoms with van der Waals surface area (Å²) in [5.74, 6) is 0.0174. The van der Waals surface area contributed by atoms with E-state index in [0.717, 1.165) is 36.9 Å². The summed E-state index contributed by atoms with van der Waals surface area (Å²) in [7, 11) is 0. The van der Waals surface area contributed by atoms with Crippen molar-refractivity contribution in [3.8, 4) is 0 Å². The molecule has 2 aliphatic rings. The third-order valence-corrected chi connectivity index (χ3v) is 4.66. The molecular weight excluding hydrogens is 266 g/mol. The molecular formula is C16H23N3O2. The molecule has 0 saturated carbocycles. The van der Waals surface area contributed by atoms with Gasteiger partial charge in [-0.2, -0.15) is 0 Å². The van der Waals surface area contributed by atoms with E-state index in [9.17, 15) is 9.90 Å². The van der Waals surface area contributed by atoms with E-state index in [1.54, 1.807) is 0 Å². The molecule has 2 aliphatic heterocycles. The highest BCUT2D eigenvalue weighted by Gasteiger charge is 2.40. The van der Waals surface area contributed by atoms with E-state index in [1.165, 1.54) is 0 Å². The van der Waals surface area contributed by atoms with E-state index < -0.39 is 0 Å². The Morgan fingerprint density at radius 3 is 2.43 bits per heavy atom. The maximum absolute atomic E-state index is 12.2. The fourth-order valence-electron chi connectivity index (χ4n) is 3.59. The van der Waals surface area contributed by atoms with Crippen molar-refractivity contribution in [1.29, 1.82) is 0 Å². The zero-order valence-electron chi connectivity index (χ0n) is 12.2. The second-order valence-electron chi connectivity index (χ2n) is 6.13. The Bertz CT molecular complexity index is 489. The van der Waals surface area contributed by atoms with Crippen LogP contribution in [-0.4, -0.2) is 40.6 Å². The van der Waals surface area contributed by atoms with Gasteiger partial charge in [0, 0.05) is 24.3 Å². The fourth-order valence-corrected chi connectivity index (χ4v) is 3.59. The van der Waals surface area contributed by atoms with Gasteiger partial charge in [0.05, 0.1) is 12.6 Å². The lowest BCUT2D eigenvalue weighted by atomic mass is 10.00. The topological polar surface area (TPSA) is 78.6 Å². The van der Waals surface area contributed by atoms with Gasteiger partial charge in [0.1, 0.15) is 0 Å². The summed E-state index contributed by atoms with van der Waals surface area (Å²) in [5, 5.41) is 12.7. The summed E-state index contributed by atoms with van der Waals surface area (Å²) in [6, 6.07) is 8.35. The number of rotatable bonds is 4. The van der Waals surface area contributed by atoms with Crippen LogP contribution in [-0.2, 0) is 11.3 Å². The number of anilines is 1. The van der Waals surface area contributed by atoms with Crippen molar-refractivity contribution in [2.75, 3.05) is 11.9 Å². The molecule has 0 aliphatic carbocycles. The average molecular weight is 289 g/mol. The molecule has 0 spiro atoms. The zero-order valence-corrected chi connectivity index (χ0v) is 12.2. The third-order valence-electron chi connectivity index (χ3n) is 4.66. The Labute approximate surface area is 125 Å². The van der Waals surface area contributed by atoms with Crippen LogP contribution in [0, 0.1) is 0 Å². The average Bonchev–Trinajstić information content (AvgIpc) is 2.71. The number of aliphatic hydroxyl groups is 1. The van der Waals surface area contributed by atoms with E-state index in [4.69, 9.17) is 5.73 Å². The summed E-state index contributed by atoms with van der Waals surface area (Å²) in [5.41, 5.74) is 7.42. The fraction of sp³-hybridized carbons (Fsp3) is 0.562. The molecule has 2 fully saturated rings. The van der Waals surface area contributed by atoms with E-state index in [0.29, 0.717) is 25.2 Å². The van der Waals surface area contributed by atoms with E-state index in [1.807, 2.05) is 24.3 Å². The summed E-state index contributed by atoms with van der Waals surface area (Å²) < 4.78 is 0. The minimum Gasteiger partial charge on any atom is -0.393 e. The predicted octanol–water partition coefficient (Wildman–Crippen LogP) is 1.07. The Hall–Kier alpha value is -1.43. The second-order valence-corrected chi connectivity index (χ2v) is 6.13. The lowest BCUT2D eigenvalue weighted by Gasteiger charge is -2.36. The summed E-state index contributed by atoms with van der Waals surface area (Å²) in [4.78, 5) is 14.5. The number of fused-ring (bicyclic) bond motifs is 2. The number of hydrogen-bond acceptors (Lipinski definition) is 4. The zero-order chi connectivity index (χ0) is 14.8. The number of carbonyl (C=O) groups excluding carboxylic acids is 1. The van der Waals surface area contributed by atoms with E-state index >= 15 is 0 Å². The molecule has 2 saturated heterocycles. The van der Waals surface area contributed by atoms with Crippen LogP contribution in [0.1, 0.15) is 31.2 Å². The lowest BCUT2D eigenvalue weighted by molar-refractivity contribution is -0.119. The molecule has 2 atom stereocenters. The molecule has 2 bridgehead atoms. The maximum Gasteiger partial charge on any atom is 0.238 e. The van der Waals surface area contributed by atoms with Crippen LogP contribution in [0.15, 0.2) is 24.3 Å². The summed E-state index contributed by atoms with van der Waals surface area (Å²) >= 11 is 0. The number of nitrogens with two attached hydrogens (primary N) is 1. The second kappa shape index (κ2) is 6.13. The van der Waals surface area contributed by atoms with Crippen molar-refractivity contribution in [3.05, 3.63) is 29.8 Å². The van der Waals surface area contributed by atoms with Crippen molar-refractivity contribution < 1.29 is 9.90 Å². The molecule has 0 aromatic heterocycles. The van der Waals surface area contributed by atoms with Crippen LogP contribution < -0.4 is 11.1 Å². The van der Waals surface area contributed by atoms with Crippen LogP contribution in [0.25, 0.3) is 0 Å². The van der Waals surface area contributed by atoms with Crippen molar-refractivity contribution in [2.45, 2.75) is 50.4 Å². The van der Waals surface area contributed by atoms with Gasteiger partial charge in [0.25, 0.3) is 0 Å². The van der Waals surface area contributed by atoms with Gasteiger partial charge >= 0.3 is 0 Å². The van der Waals surface area contributed by atoms with Crippen LogP contribution in [0.5, 0.6) is 0 Å². The number of nitrogens with zero attached hydrogens (tertiary/aromatic N) is 1. The molecule has 114 valence electrons. The molecule has 2 unspecified atom stereocenters. The first-order chi connectivity index (χ1) is 10.2. The number of carbonyl (C=O) groups is 1. The highest BCUT2D eigenvalue weighted by molar-refractivity contribution is 5.92. The summed E-state index contributed by atoms with van der Waals surface area (Å²) in [6.07, 6.45) is 3.61. The lowest BCUT2D eigenvalue weighted by Crippen LogP contribution is -2.47. The van der Waals surface area contributed by atoms with Gasteiger partial charge in [-0.25, -0.2) is 0 Å². The van der Waals surface area contributed by atoms with Crippen molar-refractivity contribution in [1.82, 2.24) is 4.90 Å². The minimum atomic E-state index is -0.189. The van der Waals surface area contributed by atoms with Crippen molar-refractivity contribution in [2.24, 2.45) is 5.73 Å². The van der Waals surface area contributed by atoms with E-state index in [-0.39, 0.29) is 12.0 Å². The summed E-state index contributed by atoms with van der Waals surface area (Å²) in [6.45, 7) is 0.925. The number of hydrogen-bond donors (Lipinski definition) is 3. The number of aliphatic hydroxyl groups excluding tert-OH is 1. The normalized spacial score (nSPS) is 28.6. The van der Waals surface area contributed by atoms with Crippen LogP contribution in [0.3, 0.4) is 0 Å². The number of amides is 1. The SMILES string of the molecule is NCc1ccc(NC(=O)CN2C3CCC2CC(O)C3)cc1. The van der Waals surface area contributed by atoms with Gasteiger partial charge in [-0.15, -0.1) is 0 Å². The largest absolute Gasteiger partial charge is 0.393 e. The van der Waals surface area contributed by atoms with Gasteiger partial charge in [-0.3, -0.25) is 9.69 Å². The number of benzene rings is 1. The molecule has 21 heavy (non-hydrogen) atoms. The van der Waals surface area contributed by atoms with Crippen molar-refractivity contribution in [3.63, 3.8) is 0 Å². The van der Waals surface area contributed by atoms with Crippen LogP contribution >= 0.6 is 0 Å². The maximum atomic E-state index is 12.2. The quantitative estimate of drug-likeness (QED) is 0.775. The molecule has 1 aromatic carbocycles. The number of piperidine rings is 1. The van der Waals surface area contributed by atoms with Gasteiger partial charge in [-0.1, -0.05) is 12.1 Å². The third kappa shape index (κ3) is 3.26. The highest BCUT2D eigenvalue weighted by Crippen LogP contribution is 2.35. The number of nitrogens with one attached hydrogen (secondary N) is 1. The molecule has 1 amide bonds. The molecule has 4 N–H and O–H groups in total. The molecule has 5 heteroatoms. The van der Waals surface area contributed by atoms with Gasteiger partial charge in [0.2, 0.25) is 5.91 Å². The minimum absolute atomic E-state index is 0.0174. The highest BCUT2D eigenvalue weighted by atomic mass is 16.3. The van der Waals surface area contributed by atoms with Gasteiger partial charge < -0.3 is 16.2 Å². The van der Waals surface area contributed by atoms with Gasteiger partial charge in [0.15, 0.2) is 0 Å². The van der Waals surface area contributed by atoms with Gasteiger partial charge in [-0.05, 0) is 43.4 Å². The van der Waals surface area contributed by atoms with Crippen molar-refractivity contribution >= 4 is 11.6 Å². The molecule has 0 radical (unpaired) electrons. The Morgan fingerprint density at radius 1 is 1.24 bits per heavy atom. The molecule has 1 aromatic rings. The molecule has 5 nitrogen and oxygen atoms in total. The standard InChI is InChI=1S/C16H23N3O2/c17-9-11-1-3-12(4-2-11)18-16(21)10-19-13-5-6-14(19)8-15(20)7-13/h1-4,13-15,20H,5-10,17H2,(H,18,21). The smallest absolute Gasteiger partial charge is 0.238 e. The Kier molecular flexibility index (Phi) is 4.24. The van der Waals surface area contributed by atoms with Crippen LogP contribution in [0.4, 0.5) is 5.69 Å². The molecule has 2 heterocycles. The molecule has 3 rings (SSSR count). The first kappa shape index (κ1) is 14.5. The monoisotopic (exact) mass is 289 g/mol. The first-order valence-corrected chi connectivity index (χ1v) is 7.68. The Balaban J connectivity index is 1.56. The predicted molar refractivity (Wildman–Crippen MR) is 81.7 cm³/mol. The van der Waals surface area contributed by atoms with Crippen LogP contribution in [0.2, 0.25) is 0 Å². The first-order valence-electron chi connectivity index (χ1n) is 7.68. The Morgan fingerprint density at radius 2 is 1.86 bits per heavy atom.